The summed E-state index contributed by atoms with van der Waals surface area (Å²) in [4.78, 5) is 13.9. The van der Waals surface area contributed by atoms with Crippen molar-refractivity contribution in [1.82, 2.24) is 4.90 Å². The molecule has 0 radical (unpaired) electrons. The molecule has 1 rings (SSSR count). The third-order valence-corrected chi connectivity index (χ3v) is 3.93. The normalized spacial score (nSPS) is 23.7. The Balaban J connectivity index is 0.00000196. The van der Waals surface area contributed by atoms with Crippen LogP contribution in [0, 0.1) is 11.3 Å². The van der Waals surface area contributed by atoms with E-state index < -0.39 is 0 Å². The molecule has 0 spiro atoms. The van der Waals surface area contributed by atoms with Crippen molar-refractivity contribution in [2.75, 3.05) is 13.1 Å². The summed E-state index contributed by atoms with van der Waals surface area (Å²) >= 11 is 0. The van der Waals surface area contributed by atoms with E-state index in [2.05, 4.69) is 27.7 Å². The largest absolute Gasteiger partial charge is 0.336 e. The van der Waals surface area contributed by atoms with Crippen LogP contribution in [0.5, 0.6) is 0 Å². The Labute approximate surface area is 98.8 Å². The number of nitrogens with zero attached hydrogens (tertiary/aromatic N) is 1. The van der Waals surface area contributed by atoms with Gasteiger partial charge in [-0.25, -0.2) is 0 Å². The molecular weight excluding hydrogens is 212 g/mol. The van der Waals surface area contributed by atoms with Gasteiger partial charge in [-0.3, -0.25) is 4.79 Å². The van der Waals surface area contributed by atoms with Crippen LogP contribution in [0.1, 0.15) is 34.6 Å². The Kier molecular flexibility index (Phi) is 4.22. The van der Waals surface area contributed by atoms with E-state index >= 15 is 0 Å². The Bertz CT molecular complexity index is 251. The number of hydrogen-bond acceptors (Lipinski definition) is 2. The molecule has 1 fully saturated rings. The highest BCUT2D eigenvalue weighted by atomic mass is 35.5. The fraction of sp³-hybridized carbons (Fsp3) is 0.909. The average molecular weight is 235 g/mol. The van der Waals surface area contributed by atoms with Gasteiger partial charge in [0.2, 0.25) is 5.91 Å². The van der Waals surface area contributed by atoms with Crippen molar-refractivity contribution in [3.63, 3.8) is 0 Å². The molecule has 3 nitrogen and oxygen atoms in total. The molecule has 1 atom stereocenters. The molecule has 1 saturated heterocycles. The van der Waals surface area contributed by atoms with Gasteiger partial charge in [-0.05, 0) is 13.8 Å². The topological polar surface area (TPSA) is 46.3 Å². The monoisotopic (exact) mass is 234 g/mol. The molecule has 2 N–H and O–H groups in total. The number of carbonyl (C=O) groups is 1. The molecule has 0 aromatic rings. The van der Waals surface area contributed by atoms with Crippen molar-refractivity contribution >= 4 is 18.3 Å². The first kappa shape index (κ1) is 14.7. The van der Waals surface area contributed by atoms with Crippen LogP contribution in [-0.2, 0) is 4.79 Å². The first-order chi connectivity index (χ1) is 6.24. The van der Waals surface area contributed by atoms with Crippen LogP contribution in [0.3, 0.4) is 0 Å². The highest BCUT2D eigenvalue weighted by Gasteiger charge is 2.54. The maximum Gasteiger partial charge on any atom is 0.227 e. The Morgan fingerprint density at radius 3 is 2.13 bits per heavy atom. The van der Waals surface area contributed by atoms with Crippen LogP contribution in [0.4, 0.5) is 0 Å². The number of carbonyl (C=O) groups excluding carboxylic acids is 1. The van der Waals surface area contributed by atoms with E-state index in [1.54, 1.807) is 0 Å². The first-order valence-corrected chi connectivity index (χ1v) is 5.25. The van der Waals surface area contributed by atoms with Crippen LogP contribution >= 0.6 is 12.4 Å². The number of hydrogen-bond donors (Lipinski definition) is 1. The van der Waals surface area contributed by atoms with Gasteiger partial charge in [0.15, 0.2) is 0 Å². The minimum atomic E-state index is -0.0506. The first-order valence-electron chi connectivity index (χ1n) is 5.25. The Hall–Kier alpha value is -0.280. The van der Waals surface area contributed by atoms with E-state index in [0.29, 0.717) is 6.54 Å². The van der Waals surface area contributed by atoms with Gasteiger partial charge in [-0.2, -0.15) is 0 Å². The third kappa shape index (κ3) is 2.13. The van der Waals surface area contributed by atoms with E-state index in [4.69, 9.17) is 5.73 Å². The van der Waals surface area contributed by atoms with Gasteiger partial charge < -0.3 is 10.6 Å². The van der Waals surface area contributed by atoms with Gasteiger partial charge in [0.05, 0.1) is 0 Å². The minimum absolute atomic E-state index is 0. The maximum atomic E-state index is 11.9. The summed E-state index contributed by atoms with van der Waals surface area (Å²) in [5.41, 5.74) is 5.68. The molecule has 1 aliphatic heterocycles. The smallest absolute Gasteiger partial charge is 0.227 e. The van der Waals surface area contributed by atoms with Crippen LogP contribution in [0.25, 0.3) is 0 Å². The standard InChI is InChI=1S/C11H22N2O.ClH/c1-8(6-12)9(14)13-7-10(2,3)11(13,4)5;/h8H,6-7,12H2,1-5H3;1H. The predicted molar refractivity (Wildman–Crippen MR) is 65.0 cm³/mol. The maximum absolute atomic E-state index is 11.9. The number of halogens is 1. The van der Waals surface area contributed by atoms with E-state index in [1.165, 1.54) is 0 Å². The second-order valence-corrected chi connectivity index (χ2v) is 5.50. The summed E-state index contributed by atoms with van der Waals surface area (Å²) < 4.78 is 0. The molecule has 1 amide bonds. The van der Waals surface area contributed by atoms with E-state index in [1.807, 2.05) is 11.8 Å². The van der Waals surface area contributed by atoms with Crippen molar-refractivity contribution in [2.45, 2.75) is 40.2 Å². The minimum Gasteiger partial charge on any atom is -0.336 e. The molecule has 1 heterocycles. The lowest BCUT2D eigenvalue weighted by molar-refractivity contribution is -0.170. The highest BCUT2D eigenvalue weighted by Crippen LogP contribution is 2.46. The summed E-state index contributed by atoms with van der Waals surface area (Å²) in [6.45, 7) is 11.8. The average Bonchev–Trinajstić information content (AvgIpc) is 2.11. The summed E-state index contributed by atoms with van der Waals surface area (Å²) in [6, 6.07) is 0. The van der Waals surface area contributed by atoms with Gasteiger partial charge in [-0.15, -0.1) is 12.4 Å². The Morgan fingerprint density at radius 1 is 1.40 bits per heavy atom. The van der Waals surface area contributed by atoms with E-state index in [-0.39, 0.29) is 35.2 Å². The lowest BCUT2D eigenvalue weighted by Crippen LogP contribution is -2.71. The van der Waals surface area contributed by atoms with Gasteiger partial charge in [0.1, 0.15) is 0 Å². The second kappa shape index (κ2) is 4.30. The molecule has 0 aliphatic carbocycles. The molecule has 1 aliphatic rings. The lowest BCUT2D eigenvalue weighted by Gasteiger charge is -2.61. The molecule has 0 saturated carbocycles. The quantitative estimate of drug-likeness (QED) is 0.790. The SMILES string of the molecule is CC(CN)C(=O)N1CC(C)(C)C1(C)C.Cl. The van der Waals surface area contributed by atoms with E-state index in [0.717, 1.165) is 6.54 Å². The summed E-state index contributed by atoms with van der Waals surface area (Å²) in [6.07, 6.45) is 0. The van der Waals surface area contributed by atoms with Crippen molar-refractivity contribution < 1.29 is 4.79 Å². The zero-order valence-electron chi connectivity index (χ0n) is 10.3. The number of amides is 1. The van der Waals surface area contributed by atoms with Gasteiger partial charge in [-0.1, -0.05) is 20.8 Å². The van der Waals surface area contributed by atoms with E-state index in [9.17, 15) is 4.79 Å². The molecule has 4 heteroatoms. The molecule has 1 unspecified atom stereocenters. The van der Waals surface area contributed by atoms with Crippen LogP contribution in [0.2, 0.25) is 0 Å². The molecule has 90 valence electrons. The summed E-state index contributed by atoms with van der Waals surface area (Å²) in [5, 5.41) is 0. The van der Waals surface area contributed by atoms with Crippen LogP contribution in [-0.4, -0.2) is 29.4 Å². The van der Waals surface area contributed by atoms with Gasteiger partial charge in [0, 0.05) is 30.0 Å². The number of rotatable bonds is 2. The zero-order valence-corrected chi connectivity index (χ0v) is 11.1. The van der Waals surface area contributed by atoms with Crippen molar-refractivity contribution in [2.24, 2.45) is 17.1 Å². The second-order valence-electron chi connectivity index (χ2n) is 5.50. The molecule has 15 heavy (non-hydrogen) atoms. The fourth-order valence-electron chi connectivity index (χ4n) is 1.78. The Morgan fingerprint density at radius 2 is 1.87 bits per heavy atom. The van der Waals surface area contributed by atoms with Gasteiger partial charge >= 0.3 is 0 Å². The summed E-state index contributed by atoms with van der Waals surface area (Å²) in [7, 11) is 0. The zero-order chi connectivity index (χ0) is 11.1. The fourth-order valence-corrected chi connectivity index (χ4v) is 1.78. The van der Waals surface area contributed by atoms with Gasteiger partial charge in [0.25, 0.3) is 0 Å². The van der Waals surface area contributed by atoms with Crippen LogP contribution in [0.15, 0.2) is 0 Å². The summed E-state index contributed by atoms with van der Waals surface area (Å²) in [5.74, 6) is 0.141. The lowest BCUT2D eigenvalue weighted by atomic mass is 9.65. The van der Waals surface area contributed by atoms with Crippen molar-refractivity contribution in [3.8, 4) is 0 Å². The third-order valence-electron chi connectivity index (χ3n) is 3.93. The highest BCUT2D eigenvalue weighted by molar-refractivity contribution is 5.85. The molecule has 0 aromatic carbocycles. The molecule has 0 bridgehead atoms. The number of nitrogens with two attached hydrogens (primary N) is 1. The number of likely N-dealkylation sites (tertiary alicyclic amines) is 1. The predicted octanol–water partition coefficient (Wildman–Crippen LogP) is 1.65. The van der Waals surface area contributed by atoms with Crippen LogP contribution < -0.4 is 5.73 Å². The van der Waals surface area contributed by atoms with Crippen molar-refractivity contribution in [3.05, 3.63) is 0 Å². The molecular formula is C11H23ClN2O. The van der Waals surface area contributed by atoms with Crippen molar-refractivity contribution in [1.29, 1.82) is 0 Å². The molecule has 0 aromatic heterocycles.